The van der Waals surface area contributed by atoms with Gasteiger partial charge in [0.15, 0.2) is 0 Å². The van der Waals surface area contributed by atoms with Crippen molar-refractivity contribution in [1.29, 1.82) is 0 Å². The molecule has 0 radical (unpaired) electrons. The molecule has 1 fully saturated rings. The summed E-state index contributed by atoms with van der Waals surface area (Å²) in [4.78, 5) is 9.02. The van der Waals surface area contributed by atoms with Crippen LogP contribution >= 0.6 is 12.2 Å². The van der Waals surface area contributed by atoms with Crippen molar-refractivity contribution in [2.45, 2.75) is 39.2 Å². The molecule has 4 nitrogen and oxygen atoms in total. The van der Waals surface area contributed by atoms with E-state index >= 15 is 0 Å². The van der Waals surface area contributed by atoms with Crippen LogP contribution in [0.1, 0.15) is 38.1 Å². The van der Waals surface area contributed by atoms with Crippen molar-refractivity contribution in [2.24, 2.45) is 11.7 Å². The predicted octanol–water partition coefficient (Wildman–Crippen LogP) is 2.02. The highest BCUT2D eigenvalue weighted by molar-refractivity contribution is 7.80. The van der Waals surface area contributed by atoms with Gasteiger partial charge in [-0.15, -0.1) is 0 Å². The zero-order valence-corrected chi connectivity index (χ0v) is 11.3. The van der Waals surface area contributed by atoms with Gasteiger partial charge in [0.1, 0.15) is 10.7 Å². The molecule has 1 aromatic heterocycles. The molecular weight excluding hydrogens is 232 g/mol. The van der Waals surface area contributed by atoms with Gasteiger partial charge < -0.3 is 11.1 Å². The van der Waals surface area contributed by atoms with Crippen molar-refractivity contribution in [2.75, 3.05) is 5.32 Å². The Morgan fingerprint density at radius 2 is 2.12 bits per heavy atom. The van der Waals surface area contributed by atoms with Crippen LogP contribution < -0.4 is 11.1 Å². The second-order valence-electron chi connectivity index (χ2n) is 5.20. The molecule has 92 valence electrons. The average molecular weight is 250 g/mol. The number of hydrogen-bond acceptors (Lipinski definition) is 4. The number of nitrogens with two attached hydrogens (primary N) is 1. The SMILES string of the molecule is Cc1cc(C(N)=S)nc(NC(C)(C)C2CC2)n1. The van der Waals surface area contributed by atoms with Gasteiger partial charge in [-0.2, -0.15) is 0 Å². The van der Waals surface area contributed by atoms with E-state index in [2.05, 4.69) is 29.1 Å². The van der Waals surface area contributed by atoms with Crippen LogP contribution in [0.3, 0.4) is 0 Å². The topological polar surface area (TPSA) is 63.8 Å². The van der Waals surface area contributed by atoms with Crippen molar-refractivity contribution in [3.8, 4) is 0 Å². The molecule has 0 saturated heterocycles. The minimum atomic E-state index is 0.0290. The molecule has 0 bridgehead atoms. The van der Waals surface area contributed by atoms with Crippen molar-refractivity contribution in [3.05, 3.63) is 17.5 Å². The number of nitrogens with zero attached hydrogens (tertiary/aromatic N) is 2. The molecule has 0 aromatic carbocycles. The fraction of sp³-hybridized carbons (Fsp3) is 0.583. The Hall–Kier alpha value is -1.23. The quantitative estimate of drug-likeness (QED) is 0.800. The van der Waals surface area contributed by atoms with E-state index in [0.29, 0.717) is 22.5 Å². The molecule has 1 aromatic rings. The largest absolute Gasteiger partial charge is 0.388 e. The molecule has 0 amide bonds. The molecule has 1 heterocycles. The van der Waals surface area contributed by atoms with Crippen molar-refractivity contribution in [1.82, 2.24) is 9.97 Å². The lowest BCUT2D eigenvalue weighted by molar-refractivity contribution is 0.490. The number of anilines is 1. The lowest BCUT2D eigenvalue weighted by Gasteiger charge is -2.26. The van der Waals surface area contributed by atoms with E-state index in [-0.39, 0.29) is 5.54 Å². The van der Waals surface area contributed by atoms with Crippen LogP contribution in [0, 0.1) is 12.8 Å². The van der Waals surface area contributed by atoms with Crippen LogP contribution in [0.25, 0.3) is 0 Å². The monoisotopic (exact) mass is 250 g/mol. The van der Waals surface area contributed by atoms with Crippen LogP contribution in [-0.2, 0) is 0 Å². The summed E-state index contributed by atoms with van der Waals surface area (Å²) in [6.07, 6.45) is 2.54. The van der Waals surface area contributed by atoms with Gasteiger partial charge in [0.2, 0.25) is 5.95 Å². The first-order valence-electron chi connectivity index (χ1n) is 5.82. The zero-order valence-electron chi connectivity index (χ0n) is 10.4. The van der Waals surface area contributed by atoms with Crippen molar-refractivity contribution < 1.29 is 0 Å². The molecular formula is C12H18N4S. The van der Waals surface area contributed by atoms with Crippen LogP contribution in [0.15, 0.2) is 6.07 Å². The minimum absolute atomic E-state index is 0.0290. The number of rotatable bonds is 4. The lowest BCUT2D eigenvalue weighted by Crippen LogP contribution is -2.34. The third kappa shape index (κ3) is 2.91. The standard InChI is InChI=1S/C12H18N4S/c1-7-6-9(10(13)17)15-11(14-7)16-12(2,3)8-4-5-8/h6,8H,4-5H2,1-3H3,(H2,13,17)(H,14,15,16). The smallest absolute Gasteiger partial charge is 0.223 e. The van der Waals surface area contributed by atoms with Crippen LogP contribution in [0.2, 0.25) is 0 Å². The lowest BCUT2D eigenvalue weighted by atomic mass is 9.99. The summed E-state index contributed by atoms with van der Waals surface area (Å²) < 4.78 is 0. The van der Waals surface area contributed by atoms with Gasteiger partial charge in [0.05, 0.1) is 0 Å². The van der Waals surface area contributed by atoms with E-state index in [1.807, 2.05) is 6.92 Å². The Kier molecular flexibility index (Phi) is 3.03. The van der Waals surface area contributed by atoms with E-state index in [4.69, 9.17) is 18.0 Å². The zero-order chi connectivity index (χ0) is 12.6. The van der Waals surface area contributed by atoms with Gasteiger partial charge in [-0.1, -0.05) is 12.2 Å². The number of aryl methyl sites for hydroxylation is 1. The maximum Gasteiger partial charge on any atom is 0.223 e. The number of aromatic nitrogens is 2. The molecule has 0 unspecified atom stereocenters. The third-order valence-electron chi connectivity index (χ3n) is 3.14. The maximum atomic E-state index is 5.60. The molecule has 0 aliphatic heterocycles. The van der Waals surface area contributed by atoms with Crippen molar-refractivity contribution >= 4 is 23.2 Å². The molecule has 1 aliphatic rings. The summed E-state index contributed by atoms with van der Waals surface area (Å²) >= 11 is 4.95. The Bertz CT molecular complexity index is 452. The molecule has 1 saturated carbocycles. The first-order chi connectivity index (χ1) is 7.88. The second kappa shape index (κ2) is 4.22. The summed E-state index contributed by atoms with van der Waals surface area (Å²) in [6.45, 7) is 6.27. The van der Waals surface area contributed by atoms with Crippen LogP contribution in [-0.4, -0.2) is 20.5 Å². The summed E-state index contributed by atoms with van der Waals surface area (Å²) in [7, 11) is 0. The average Bonchev–Trinajstić information content (AvgIpc) is 2.98. The van der Waals surface area contributed by atoms with E-state index in [0.717, 1.165) is 5.69 Å². The number of nitrogens with one attached hydrogen (secondary N) is 1. The molecule has 0 atom stereocenters. The van der Waals surface area contributed by atoms with Gasteiger partial charge in [0.25, 0.3) is 0 Å². The van der Waals surface area contributed by atoms with Gasteiger partial charge in [-0.3, -0.25) is 0 Å². The summed E-state index contributed by atoms with van der Waals surface area (Å²) in [5, 5.41) is 3.38. The highest BCUT2D eigenvalue weighted by Gasteiger charge is 2.38. The summed E-state index contributed by atoms with van der Waals surface area (Å²) in [5.41, 5.74) is 7.13. The van der Waals surface area contributed by atoms with Crippen molar-refractivity contribution in [3.63, 3.8) is 0 Å². The summed E-state index contributed by atoms with van der Waals surface area (Å²) in [6, 6.07) is 1.80. The Labute approximate surface area is 107 Å². The maximum absolute atomic E-state index is 5.60. The Balaban J connectivity index is 2.23. The Morgan fingerprint density at radius 1 is 1.47 bits per heavy atom. The van der Waals surface area contributed by atoms with E-state index < -0.39 is 0 Å². The molecule has 1 aliphatic carbocycles. The molecule has 5 heteroatoms. The first-order valence-corrected chi connectivity index (χ1v) is 6.23. The molecule has 3 N–H and O–H groups in total. The number of hydrogen-bond donors (Lipinski definition) is 2. The Morgan fingerprint density at radius 3 is 2.65 bits per heavy atom. The molecule has 2 rings (SSSR count). The fourth-order valence-electron chi connectivity index (χ4n) is 1.95. The first kappa shape index (κ1) is 12.2. The molecule has 0 spiro atoms. The predicted molar refractivity (Wildman–Crippen MR) is 73.1 cm³/mol. The van der Waals surface area contributed by atoms with E-state index in [1.165, 1.54) is 12.8 Å². The van der Waals surface area contributed by atoms with Gasteiger partial charge in [-0.25, -0.2) is 9.97 Å². The highest BCUT2D eigenvalue weighted by atomic mass is 32.1. The van der Waals surface area contributed by atoms with Gasteiger partial charge >= 0.3 is 0 Å². The number of thiocarbonyl (C=S) groups is 1. The summed E-state index contributed by atoms with van der Waals surface area (Å²) in [5.74, 6) is 1.32. The normalized spacial score (nSPS) is 15.7. The minimum Gasteiger partial charge on any atom is -0.388 e. The second-order valence-corrected chi connectivity index (χ2v) is 5.64. The van der Waals surface area contributed by atoms with Gasteiger partial charge in [-0.05, 0) is 45.6 Å². The van der Waals surface area contributed by atoms with E-state index in [9.17, 15) is 0 Å². The van der Waals surface area contributed by atoms with E-state index in [1.54, 1.807) is 6.07 Å². The fourth-order valence-corrected chi connectivity index (χ4v) is 2.05. The van der Waals surface area contributed by atoms with Crippen LogP contribution in [0.5, 0.6) is 0 Å². The van der Waals surface area contributed by atoms with Gasteiger partial charge in [0, 0.05) is 11.2 Å². The highest BCUT2D eigenvalue weighted by Crippen LogP contribution is 2.40. The molecule has 17 heavy (non-hydrogen) atoms. The third-order valence-corrected chi connectivity index (χ3v) is 3.35. The van der Waals surface area contributed by atoms with Crippen LogP contribution in [0.4, 0.5) is 5.95 Å².